The number of benzene rings is 2. The van der Waals surface area contributed by atoms with Crippen LogP contribution >= 0.6 is 0 Å². The molecule has 1 atom stereocenters. The number of amides is 1. The van der Waals surface area contributed by atoms with Crippen LogP contribution in [-0.4, -0.2) is 53.4 Å². The van der Waals surface area contributed by atoms with Gasteiger partial charge in [0.25, 0.3) is 5.91 Å². The summed E-state index contributed by atoms with van der Waals surface area (Å²) in [5.74, 6) is -0.0733. The van der Waals surface area contributed by atoms with Gasteiger partial charge in [-0.05, 0) is 42.8 Å². The van der Waals surface area contributed by atoms with Crippen LogP contribution in [-0.2, 0) is 4.74 Å². The van der Waals surface area contributed by atoms with E-state index in [1.807, 2.05) is 36.5 Å². The van der Waals surface area contributed by atoms with E-state index in [1.165, 1.54) is 5.56 Å². The monoisotopic (exact) mass is 390 g/mol. The van der Waals surface area contributed by atoms with Crippen molar-refractivity contribution in [2.75, 3.05) is 32.8 Å². The van der Waals surface area contributed by atoms with Crippen LogP contribution in [0.15, 0.2) is 67.0 Å². The number of carbonyl (C=O) groups is 1. The average Bonchev–Trinajstić information content (AvgIpc) is 3.30. The fraction of sp³-hybridized carbons (Fsp3) is 0.304. The first-order chi connectivity index (χ1) is 14.2. The first-order valence-electron chi connectivity index (χ1n) is 9.97. The number of hydrogen-bond acceptors (Lipinski definition) is 4. The van der Waals surface area contributed by atoms with Gasteiger partial charge in [0.1, 0.15) is 0 Å². The van der Waals surface area contributed by atoms with Crippen molar-refractivity contribution in [1.82, 2.24) is 20.0 Å². The predicted molar refractivity (Wildman–Crippen MR) is 112 cm³/mol. The summed E-state index contributed by atoms with van der Waals surface area (Å²) < 4.78 is 7.23. The largest absolute Gasteiger partial charge is 0.379 e. The van der Waals surface area contributed by atoms with Gasteiger partial charge in [-0.2, -0.15) is 5.10 Å². The van der Waals surface area contributed by atoms with Gasteiger partial charge in [0, 0.05) is 37.6 Å². The molecule has 0 spiro atoms. The zero-order valence-electron chi connectivity index (χ0n) is 16.6. The number of morpholine rings is 1. The van der Waals surface area contributed by atoms with Crippen LogP contribution in [0.25, 0.3) is 5.69 Å². The van der Waals surface area contributed by atoms with Crippen LogP contribution in [0.3, 0.4) is 0 Å². The molecule has 1 fully saturated rings. The van der Waals surface area contributed by atoms with Crippen LogP contribution < -0.4 is 5.32 Å². The predicted octanol–water partition coefficient (Wildman–Crippen LogP) is 2.98. The molecule has 0 aliphatic carbocycles. The molecule has 150 valence electrons. The lowest BCUT2D eigenvalue weighted by molar-refractivity contribution is 0.0332. The number of nitrogens with zero attached hydrogens (tertiary/aromatic N) is 3. The second-order valence-corrected chi connectivity index (χ2v) is 7.35. The zero-order chi connectivity index (χ0) is 20.1. The van der Waals surface area contributed by atoms with Crippen molar-refractivity contribution < 1.29 is 9.53 Å². The molecule has 0 saturated carbocycles. The molecule has 1 saturated heterocycles. The topological polar surface area (TPSA) is 59.4 Å². The normalized spacial score (nSPS) is 15.8. The molecular formula is C23H26N4O2. The smallest absolute Gasteiger partial charge is 0.251 e. The Labute approximate surface area is 171 Å². The fourth-order valence-corrected chi connectivity index (χ4v) is 3.50. The van der Waals surface area contributed by atoms with E-state index in [4.69, 9.17) is 4.74 Å². The fourth-order valence-electron chi connectivity index (χ4n) is 3.50. The quantitative estimate of drug-likeness (QED) is 0.703. The second-order valence-electron chi connectivity index (χ2n) is 7.35. The van der Waals surface area contributed by atoms with Crippen molar-refractivity contribution in [2.24, 2.45) is 0 Å². The summed E-state index contributed by atoms with van der Waals surface area (Å²) in [7, 11) is 0. The number of nitrogens with one attached hydrogen (secondary N) is 1. The number of ether oxygens (including phenoxy) is 1. The lowest BCUT2D eigenvalue weighted by Gasteiger charge is -2.31. The van der Waals surface area contributed by atoms with Crippen molar-refractivity contribution >= 4 is 5.91 Å². The van der Waals surface area contributed by atoms with E-state index in [1.54, 1.807) is 10.9 Å². The van der Waals surface area contributed by atoms with Gasteiger partial charge in [-0.15, -0.1) is 0 Å². The third kappa shape index (κ3) is 4.91. The van der Waals surface area contributed by atoms with E-state index in [9.17, 15) is 4.79 Å². The summed E-state index contributed by atoms with van der Waals surface area (Å²) in [4.78, 5) is 15.3. The third-order valence-electron chi connectivity index (χ3n) is 5.23. The summed E-state index contributed by atoms with van der Waals surface area (Å²) in [6.07, 6.45) is 3.61. The van der Waals surface area contributed by atoms with Crippen molar-refractivity contribution in [2.45, 2.75) is 13.0 Å². The Kier molecular flexibility index (Phi) is 6.03. The van der Waals surface area contributed by atoms with Crippen LogP contribution in [0, 0.1) is 6.92 Å². The molecule has 1 amide bonds. The molecule has 6 nitrogen and oxygen atoms in total. The highest BCUT2D eigenvalue weighted by Crippen LogP contribution is 2.18. The van der Waals surface area contributed by atoms with Gasteiger partial charge in [-0.3, -0.25) is 9.69 Å². The highest BCUT2D eigenvalue weighted by atomic mass is 16.5. The molecule has 0 unspecified atom stereocenters. The number of aryl methyl sites for hydroxylation is 1. The molecule has 2 aromatic carbocycles. The van der Waals surface area contributed by atoms with Crippen LogP contribution in [0.4, 0.5) is 0 Å². The maximum atomic E-state index is 13.0. The van der Waals surface area contributed by atoms with E-state index >= 15 is 0 Å². The number of hydrogen-bond donors (Lipinski definition) is 1. The van der Waals surface area contributed by atoms with Gasteiger partial charge in [0.05, 0.1) is 24.9 Å². The maximum Gasteiger partial charge on any atom is 0.251 e. The minimum Gasteiger partial charge on any atom is -0.379 e. The highest BCUT2D eigenvalue weighted by molar-refractivity contribution is 5.94. The summed E-state index contributed by atoms with van der Waals surface area (Å²) in [6, 6.07) is 17.7. The van der Waals surface area contributed by atoms with Gasteiger partial charge in [-0.25, -0.2) is 4.68 Å². The van der Waals surface area contributed by atoms with Gasteiger partial charge in [0.2, 0.25) is 0 Å². The van der Waals surface area contributed by atoms with Gasteiger partial charge in [0.15, 0.2) is 0 Å². The minimum atomic E-state index is -0.0769. The average molecular weight is 390 g/mol. The molecule has 1 N–H and O–H groups in total. The first-order valence-corrected chi connectivity index (χ1v) is 9.97. The van der Waals surface area contributed by atoms with E-state index in [-0.39, 0.29) is 11.9 Å². The van der Waals surface area contributed by atoms with E-state index in [0.717, 1.165) is 44.1 Å². The Balaban J connectivity index is 1.49. The van der Waals surface area contributed by atoms with Crippen molar-refractivity contribution in [3.8, 4) is 5.69 Å². The molecule has 3 aromatic rings. The van der Waals surface area contributed by atoms with Gasteiger partial charge >= 0.3 is 0 Å². The second kappa shape index (κ2) is 9.03. The molecule has 6 heteroatoms. The summed E-state index contributed by atoms with van der Waals surface area (Å²) in [6.45, 7) is 6.09. The molecule has 0 radical (unpaired) electrons. The van der Waals surface area contributed by atoms with Crippen LogP contribution in [0.5, 0.6) is 0 Å². The number of aromatic nitrogens is 2. The van der Waals surface area contributed by atoms with Gasteiger partial charge in [-0.1, -0.05) is 29.8 Å². The Morgan fingerprint density at radius 3 is 2.48 bits per heavy atom. The minimum absolute atomic E-state index is 0.0733. The molecular weight excluding hydrogens is 364 g/mol. The lowest BCUT2D eigenvalue weighted by atomic mass is 10.0. The Bertz CT molecular complexity index is 915. The summed E-state index contributed by atoms with van der Waals surface area (Å²) in [5.41, 5.74) is 3.89. The summed E-state index contributed by atoms with van der Waals surface area (Å²) >= 11 is 0. The van der Waals surface area contributed by atoms with E-state index in [2.05, 4.69) is 46.5 Å². The Hall–Kier alpha value is -2.96. The molecule has 4 rings (SSSR count). The Morgan fingerprint density at radius 2 is 1.83 bits per heavy atom. The molecule has 29 heavy (non-hydrogen) atoms. The molecule has 1 aromatic heterocycles. The molecule has 1 aliphatic rings. The molecule has 2 heterocycles. The van der Waals surface area contributed by atoms with Crippen molar-refractivity contribution in [3.63, 3.8) is 0 Å². The standard InChI is InChI=1S/C23H26N4O2/c1-18-3-5-19(6-4-18)22(17-26-13-15-29-16-14-26)25-23(28)20-7-9-21(10-8-20)27-12-2-11-24-27/h2-12,22H,13-17H2,1H3,(H,25,28)/t22-/m1/s1. The van der Waals surface area contributed by atoms with E-state index < -0.39 is 0 Å². The molecule has 0 bridgehead atoms. The van der Waals surface area contributed by atoms with Crippen LogP contribution in [0.1, 0.15) is 27.5 Å². The zero-order valence-corrected chi connectivity index (χ0v) is 16.6. The number of carbonyl (C=O) groups excluding carboxylic acids is 1. The molecule has 1 aliphatic heterocycles. The SMILES string of the molecule is Cc1ccc([C@@H](CN2CCOCC2)NC(=O)c2ccc(-n3cccn3)cc2)cc1. The van der Waals surface area contributed by atoms with Crippen LogP contribution in [0.2, 0.25) is 0 Å². The number of rotatable bonds is 6. The van der Waals surface area contributed by atoms with E-state index in [0.29, 0.717) is 5.56 Å². The van der Waals surface area contributed by atoms with Crippen molar-refractivity contribution in [1.29, 1.82) is 0 Å². The lowest BCUT2D eigenvalue weighted by Crippen LogP contribution is -2.43. The first kappa shape index (κ1) is 19.4. The van der Waals surface area contributed by atoms with Crippen molar-refractivity contribution in [3.05, 3.63) is 83.7 Å². The summed E-state index contributed by atoms with van der Waals surface area (Å²) in [5, 5.41) is 7.45. The Morgan fingerprint density at radius 1 is 1.10 bits per heavy atom. The van der Waals surface area contributed by atoms with Gasteiger partial charge < -0.3 is 10.1 Å². The third-order valence-corrected chi connectivity index (χ3v) is 5.23. The highest BCUT2D eigenvalue weighted by Gasteiger charge is 2.21. The maximum absolute atomic E-state index is 13.0.